The molecule has 0 radical (unpaired) electrons. The molecule has 0 aliphatic heterocycles. The minimum Gasteiger partial charge on any atom is -0.481 e. The summed E-state index contributed by atoms with van der Waals surface area (Å²) in [5.41, 5.74) is 1.34. The third kappa shape index (κ3) is 17.2. The highest BCUT2D eigenvalue weighted by atomic mass is 16.5. The van der Waals surface area contributed by atoms with E-state index in [1.807, 2.05) is 36.4 Å². The van der Waals surface area contributed by atoms with Crippen molar-refractivity contribution >= 4 is 24.0 Å². The topological polar surface area (TPSA) is 101 Å². The van der Waals surface area contributed by atoms with Crippen molar-refractivity contribution in [2.45, 2.75) is 13.3 Å². The van der Waals surface area contributed by atoms with Gasteiger partial charge in [-0.05, 0) is 12.5 Å². The molecule has 0 amide bonds. The average Bonchev–Trinajstić information content (AvgIpc) is 2.65. The third-order valence-corrected chi connectivity index (χ3v) is 2.65. The van der Waals surface area contributed by atoms with E-state index in [1.54, 1.807) is 13.0 Å². The summed E-state index contributed by atoms with van der Waals surface area (Å²) >= 11 is 0. The number of carbonyl (C=O) groups excluding carboxylic acids is 1. The summed E-state index contributed by atoms with van der Waals surface area (Å²) in [5.74, 6) is -2.79. The number of aliphatic carboxylic acids is 2. The van der Waals surface area contributed by atoms with Gasteiger partial charge in [0.25, 0.3) is 0 Å². The Morgan fingerprint density at radius 2 is 1.61 bits per heavy atom. The van der Waals surface area contributed by atoms with Crippen LogP contribution in [0.5, 0.6) is 0 Å². The maximum Gasteiger partial charge on any atom is 0.332 e. The van der Waals surface area contributed by atoms with Crippen LogP contribution in [0.2, 0.25) is 0 Å². The maximum absolute atomic E-state index is 10.2. The summed E-state index contributed by atoms with van der Waals surface area (Å²) in [5, 5.41) is 16.1. The molecular weight excluding hydrogens is 360 g/mol. The molecule has 28 heavy (non-hydrogen) atoms. The van der Waals surface area contributed by atoms with E-state index in [0.717, 1.165) is 0 Å². The minimum absolute atomic E-state index is 0.303. The molecule has 1 aromatic carbocycles. The van der Waals surface area contributed by atoms with Gasteiger partial charge in [-0.2, -0.15) is 0 Å². The highest BCUT2D eigenvalue weighted by molar-refractivity contribution is 5.91. The zero-order valence-corrected chi connectivity index (χ0v) is 16.1. The second-order valence-corrected chi connectivity index (χ2v) is 5.14. The number of rotatable bonds is 7. The van der Waals surface area contributed by atoms with Crippen molar-refractivity contribution in [1.29, 1.82) is 0 Å². The number of carbonyl (C=O) groups is 3. The SMILES string of the molecule is C=C(C)C(=O)OC.C=C(CC(=O)O)C(=O)O.C=CC=CC=Cc1ccccc1. The molecule has 0 saturated carbocycles. The number of carboxylic acids is 2. The Balaban J connectivity index is 0. The van der Waals surface area contributed by atoms with E-state index < -0.39 is 18.4 Å². The van der Waals surface area contributed by atoms with Crippen LogP contribution in [0.25, 0.3) is 6.08 Å². The molecule has 1 rings (SSSR count). The van der Waals surface area contributed by atoms with Gasteiger partial charge in [0, 0.05) is 11.1 Å². The van der Waals surface area contributed by atoms with Gasteiger partial charge in [-0.15, -0.1) is 0 Å². The summed E-state index contributed by atoms with van der Waals surface area (Å²) in [6.45, 7) is 11.6. The van der Waals surface area contributed by atoms with Crippen LogP contribution >= 0.6 is 0 Å². The molecule has 0 aromatic heterocycles. The van der Waals surface area contributed by atoms with Crippen LogP contribution in [-0.4, -0.2) is 35.2 Å². The number of esters is 1. The number of carboxylic acid groups (broad SMARTS) is 2. The zero-order chi connectivity index (χ0) is 21.9. The van der Waals surface area contributed by atoms with E-state index in [1.165, 1.54) is 12.7 Å². The van der Waals surface area contributed by atoms with Gasteiger partial charge >= 0.3 is 17.9 Å². The summed E-state index contributed by atoms with van der Waals surface area (Å²) < 4.78 is 4.27. The van der Waals surface area contributed by atoms with Crippen LogP contribution < -0.4 is 0 Å². The normalized spacial score (nSPS) is 9.36. The van der Waals surface area contributed by atoms with Gasteiger partial charge in [-0.1, -0.05) is 80.4 Å². The molecule has 0 fully saturated rings. The van der Waals surface area contributed by atoms with Gasteiger partial charge in [-0.3, -0.25) is 4.79 Å². The van der Waals surface area contributed by atoms with Crippen molar-refractivity contribution in [3.8, 4) is 0 Å². The first kappa shape index (κ1) is 26.6. The Morgan fingerprint density at radius 3 is 1.93 bits per heavy atom. The number of allylic oxidation sites excluding steroid dienone is 4. The molecule has 0 bridgehead atoms. The van der Waals surface area contributed by atoms with Gasteiger partial charge in [0.1, 0.15) is 0 Å². The fourth-order valence-electron chi connectivity index (χ4n) is 1.31. The zero-order valence-electron chi connectivity index (χ0n) is 16.1. The quantitative estimate of drug-likeness (QED) is 0.412. The average molecular weight is 386 g/mol. The lowest BCUT2D eigenvalue weighted by Gasteiger charge is -1.91. The van der Waals surface area contributed by atoms with Crippen molar-refractivity contribution in [3.05, 3.63) is 91.1 Å². The molecular formula is C22H26O6. The first-order valence-corrected chi connectivity index (χ1v) is 8.03. The molecule has 0 aliphatic rings. The van der Waals surface area contributed by atoms with Crippen molar-refractivity contribution < 1.29 is 29.3 Å². The largest absolute Gasteiger partial charge is 0.481 e. The predicted octanol–water partition coefficient (Wildman–Crippen LogP) is 4.28. The van der Waals surface area contributed by atoms with E-state index in [0.29, 0.717) is 5.57 Å². The molecule has 6 nitrogen and oxygen atoms in total. The molecule has 0 saturated heterocycles. The molecule has 0 heterocycles. The number of hydrogen-bond acceptors (Lipinski definition) is 4. The van der Waals surface area contributed by atoms with Crippen LogP contribution in [0.15, 0.2) is 85.5 Å². The Hall–Kier alpha value is -3.67. The summed E-state index contributed by atoms with van der Waals surface area (Å²) in [6, 6.07) is 10.2. The number of ether oxygens (including phenoxy) is 1. The van der Waals surface area contributed by atoms with Crippen LogP contribution in [0.3, 0.4) is 0 Å². The standard InChI is InChI=1S/C12H12.C5H6O4.C5H8O2/c1-2-3-4-6-9-12-10-7-5-8-11-12;1-3(5(8)9)2-4(6)7;1-4(2)5(6)7-3/h2-11H,1H2;1-2H2,(H,6,7)(H,8,9);1H2,2-3H3. The monoisotopic (exact) mass is 386 g/mol. The highest BCUT2D eigenvalue weighted by Crippen LogP contribution is 2.00. The molecule has 2 N–H and O–H groups in total. The van der Waals surface area contributed by atoms with Crippen LogP contribution in [0.4, 0.5) is 0 Å². The minimum atomic E-state index is -1.27. The van der Waals surface area contributed by atoms with Crippen LogP contribution in [-0.2, 0) is 19.1 Å². The number of methoxy groups -OCH3 is 1. The molecule has 0 atom stereocenters. The second kappa shape index (κ2) is 16.8. The van der Waals surface area contributed by atoms with E-state index >= 15 is 0 Å². The highest BCUT2D eigenvalue weighted by Gasteiger charge is 2.07. The molecule has 150 valence electrons. The van der Waals surface area contributed by atoms with Gasteiger partial charge in [0.05, 0.1) is 13.5 Å². The van der Waals surface area contributed by atoms with Gasteiger partial charge in [0.2, 0.25) is 0 Å². The number of benzene rings is 1. The first-order chi connectivity index (χ1) is 13.1. The molecule has 0 aliphatic carbocycles. The smallest absolute Gasteiger partial charge is 0.332 e. The summed E-state index contributed by atoms with van der Waals surface area (Å²) in [6.07, 6.45) is 9.17. The molecule has 0 unspecified atom stereocenters. The van der Waals surface area contributed by atoms with Crippen LogP contribution in [0.1, 0.15) is 18.9 Å². The Morgan fingerprint density at radius 1 is 1.04 bits per heavy atom. The van der Waals surface area contributed by atoms with E-state index in [2.05, 4.69) is 42.7 Å². The Bertz CT molecular complexity index is 727. The molecule has 6 heteroatoms. The third-order valence-electron chi connectivity index (χ3n) is 2.65. The summed E-state index contributed by atoms with van der Waals surface area (Å²) in [4.78, 5) is 29.9. The van der Waals surface area contributed by atoms with Gasteiger partial charge < -0.3 is 14.9 Å². The lowest BCUT2D eigenvalue weighted by Crippen LogP contribution is -2.04. The van der Waals surface area contributed by atoms with E-state index in [4.69, 9.17) is 10.2 Å². The van der Waals surface area contributed by atoms with Crippen molar-refractivity contribution in [2.24, 2.45) is 0 Å². The number of hydrogen-bond donors (Lipinski definition) is 2. The van der Waals surface area contributed by atoms with Gasteiger partial charge in [0.15, 0.2) is 0 Å². The van der Waals surface area contributed by atoms with Crippen LogP contribution in [0, 0.1) is 0 Å². The van der Waals surface area contributed by atoms with Crippen molar-refractivity contribution in [2.75, 3.05) is 7.11 Å². The lowest BCUT2D eigenvalue weighted by atomic mass is 10.2. The fourth-order valence-corrected chi connectivity index (χ4v) is 1.31. The predicted molar refractivity (Wildman–Crippen MR) is 111 cm³/mol. The summed E-state index contributed by atoms with van der Waals surface area (Å²) in [7, 11) is 1.33. The fraction of sp³-hybridized carbons (Fsp3) is 0.136. The van der Waals surface area contributed by atoms with E-state index in [-0.39, 0.29) is 11.5 Å². The Kier molecular flexibility index (Phi) is 15.9. The maximum atomic E-state index is 10.2. The van der Waals surface area contributed by atoms with Crippen molar-refractivity contribution in [3.63, 3.8) is 0 Å². The molecule has 0 spiro atoms. The second-order valence-electron chi connectivity index (χ2n) is 5.14. The Labute approximate surface area is 165 Å². The van der Waals surface area contributed by atoms with Gasteiger partial charge in [-0.25, -0.2) is 9.59 Å². The van der Waals surface area contributed by atoms with Crippen molar-refractivity contribution in [1.82, 2.24) is 0 Å². The van der Waals surface area contributed by atoms with E-state index in [9.17, 15) is 14.4 Å². The molecule has 1 aromatic rings. The first-order valence-electron chi connectivity index (χ1n) is 8.03. The lowest BCUT2D eigenvalue weighted by molar-refractivity contribution is -0.139.